The predicted octanol–water partition coefficient (Wildman–Crippen LogP) is 2.11. The molecule has 2 atom stereocenters. The summed E-state index contributed by atoms with van der Waals surface area (Å²) in [5.41, 5.74) is 1.94. The van der Waals surface area contributed by atoms with Gasteiger partial charge in [0.25, 0.3) is 0 Å². The Balaban J connectivity index is 1.66. The van der Waals surface area contributed by atoms with Gasteiger partial charge in [-0.15, -0.1) is 11.3 Å². The Bertz CT molecular complexity index is 348. The number of hydrogen-bond donors (Lipinski definition) is 1. The standard InChI is InChI=1S/C13H21N3S/c1-10-4-5-15-13(11-2-3-11)8-16(10)7-12-6-14-9-17-12/h6,9-11,13,15H,2-5,7-8H2,1H3. The minimum absolute atomic E-state index is 0.688. The number of rotatable bonds is 3. The summed E-state index contributed by atoms with van der Waals surface area (Å²) in [5, 5.41) is 3.73. The molecule has 2 aliphatic rings. The molecule has 1 aromatic rings. The van der Waals surface area contributed by atoms with E-state index in [4.69, 9.17) is 0 Å². The second-order valence-corrected chi connectivity index (χ2v) is 6.40. The Labute approximate surface area is 107 Å². The Kier molecular flexibility index (Phi) is 3.45. The summed E-state index contributed by atoms with van der Waals surface area (Å²) in [5.74, 6) is 0.948. The van der Waals surface area contributed by atoms with Crippen LogP contribution in [-0.4, -0.2) is 35.1 Å². The van der Waals surface area contributed by atoms with E-state index in [1.54, 1.807) is 11.3 Å². The lowest BCUT2D eigenvalue weighted by Crippen LogP contribution is -2.40. The third-order valence-corrected chi connectivity index (χ3v) is 4.82. The fourth-order valence-electron chi connectivity index (χ4n) is 2.71. The summed E-state index contributed by atoms with van der Waals surface area (Å²) in [6.45, 7) is 5.83. The van der Waals surface area contributed by atoms with Crippen molar-refractivity contribution in [3.8, 4) is 0 Å². The highest BCUT2D eigenvalue weighted by Crippen LogP contribution is 2.34. The lowest BCUT2D eigenvalue weighted by atomic mass is 10.1. The molecule has 2 unspecified atom stereocenters. The van der Waals surface area contributed by atoms with Gasteiger partial charge in [0.2, 0.25) is 0 Å². The molecule has 2 heterocycles. The third-order valence-electron chi connectivity index (χ3n) is 4.06. The third kappa shape index (κ3) is 2.87. The quantitative estimate of drug-likeness (QED) is 0.892. The van der Waals surface area contributed by atoms with Gasteiger partial charge in [0, 0.05) is 36.2 Å². The van der Waals surface area contributed by atoms with Crippen LogP contribution >= 0.6 is 11.3 Å². The molecule has 0 bridgehead atoms. The van der Waals surface area contributed by atoms with Crippen molar-refractivity contribution in [2.75, 3.05) is 13.1 Å². The smallest absolute Gasteiger partial charge is 0.0794 e. The second-order valence-electron chi connectivity index (χ2n) is 5.43. The number of nitrogens with one attached hydrogen (secondary N) is 1. The first kappa shape index (κ1) is 11.6. The minimum atomic E-state index is 0.688. The van der Waals surface area contributed by atoms with E-state index in [0.717, 1.165) is 18.5 Å². The lowest BCUT2D eigenvalue weighted by molar-refractivity contribution is 0.192. The second kappa shape index (κ2) is 5.04. The zero-order chi connectivity index (χ0) is 11.7. The van der Waals surface area contributed by atoms with E-state index < -0.39 is 0 Å². The molecule has 17 heavy (non-hydrogen) atoms. The molecule has 0 amide bonds. The van der Waals surface area contributed by atoms with Gasteiger partial charge in [-0.05, 0) is 38.6 Å². The molecule has 0 spiro atoms. The van der Waals surface area contributed by atoms with E-state index in [0.29, 0.717) is 6.04 Å². The highest BCUT2D eigenvalue weighted by molar-refractivity contribution is 7.09. The molecular weight excluding hydrogens is 230 g/mol. The maximum atomic E-state index is 4.18. The number of aromatic nitrogens is 1. The fourth-order valence-corrected chi connectivity index (χ4v) is 3.33. The molecule has 0 radical (unpaired) electrons. The molecule has 1 saturated carbocycles. The molecule has 1 aromatic heterocycles. The molecular formula is C13H21N3S. The van der Waals surface area contributed by atoms with Crippen LogP contribution in [0, 0.1) is 5.92 Å². The normalized spacial score (nSPS) is 31.4. The molecule has 1 aliphatic carbocycles. The molecule has 3 nitrogen and oxygen atoms in total. The van der Waals surface area contributed by atoms with Gasteiger partial charge in [-0.25, -0.2) is 0 Å². The van der Waals surface area contributed by atoms with E-state index in [1.807, 2.05) is 11.7 Å². The highest BCUT2D eigenvalue weighted by atomic mass is 32.1. The van der Waals surface area contributed by atoms with Gasteiger partial charge in [-0.1, -0.05) is 0 Å². The molecule has 94 valence electrons. The van der Waals surface area contributed by atoms with Crippen molar-refractivity contribution < 1.29 is 0 Å². The van der Waals surface area contributed by atoms with Crippen molar-refractivity contribution in [3.05, 3.63) is 16.6 Å². The summed E-state index contributed by atoms with van der Waals surface area (Å²) < 4.78 is 0. The largest absolute Gasteiger partial charge is 0.312 e. The highest BCUT2D eigenvalue weighted by Gasteiger charge is 2.34. The van der Waals surface area contributed by atoms with Crippen molar-refractivity contribution in [1.82, 2.24) is 15.2 Å². The van der Waals surface area contributed by atoms with Gasteiger partial charge in [0.1, 0.15) is 0 Å². The van der Waals surface area contributed by atoms with Crippen molar-refractivity contribution in [2.45, 2.75) is 44.8 Å². The zero-order valence-corrected chi connectivity index (χ0v) is 11.2. The van der Waals surface area contributed by atoms with Crippen LogP contribution in [0.5, 0.6) is 0 Å². The van der Waals surface area contributed by atoms with E-state index in [-0.39, 0.29) is 0 Å². The Morgan fingerprint density at radius 2 is 2.35 bits per heavy atom. The predicted molar refractivity (Wildman–Crippen MR) is 71.1 cm³/mol. The van der Waals surface area contributed by atoms with Gasteiger partial charge in [0.15, 0.2) is 0 Å². The summed E-state index contributed by atoms with van der Waals surface area (Å²) in [6, 6.07) is 1.42. The maximum Gasteiger partial charge on any atom is 0.0794 e. The first-order valence-electron chi connectivity index (χ1n) is 6.68. The number of nitrogens with zero attached hydrogens (tertiary/aromatic N) is 2. The Morgan fingerprint density at radius 1 is 1.47 bits per heavy atom. The topological polar surface area (TPSA) is 28.2 Å². The average Bonchev–Trinajstić information content (AvgIpc) is 3.06. The monoisotopic (exact) mass is 251 g/mol. The zero-order valence-electron chi connectivity index (χ0n) is 10.4. The fraction of sp³-hybridized carbons (Fsp3) is 0.769. The molecule has 1 aliphatic heterocycles. The van der Waals surface area contributed by atoms with Gasteiger partial charge < -0.3 is 5.32 Å². The SMILES string of the molecule is CC1CCNC(C2CC2)CN1Cc1cncs1. The van der Waals surface area contributed by atoms with Gasteiger partial charge >= 0.3 is 0 Å². The van der Waals surface area contributed by atoms with Crippen LogP contribution in [0.2, 0.25) is 0 Å². The molecule has 0 aromatic carbocycles. The van der Waals surface area contributed by atoms with E-state index in [1.165, 1.54) is 37.2 Å². The molecule has 1 N–H and O–H groups in total. The summed E-state index contributed by atoms with van der Waals surface area (Å²) >= 11 is 1.78. The van der Waals surface area contributed by atoms with Crippen molar-refractivity contribution >= 4 is 11.3 Å². The molecule has 4 heteroatoms. The lowest BCUT2D eigenvalue weighted by Gasteiger charge is -2.28. The van der Waals surface area contributed by atoms with Crippen molar-refractivity contribution in [2.24, 2.45) is 5.92 Å². The summed E-state index contributed by atoms with van der Waals surface area (Å²) in [4.78, 5) is 8.21. The Hall–Kier alpha value is -0.450. The van der Waals surface area contributed by atoms with Crippen molar-refractivity contribution in [1.29, 1.82) is 0 Å². The van der Waals surface area contributed by atoms with Crippen molar-refractivity contribution in [3.63, 3.8) is 0 Å². The van der Waals surface area contributed by atoms with Crippen LogP contribution in [0.15, 0.2) is 11.7 Å². The first-order valence-corrected chi connectivity index (χ1v) is 7.55. The first-order chi connectivity index (χ1) is 8.33. The maximum absolute atomic E-state index is 4.18. The van der Waals surface area contributed by atoms with E-state index in [2.05, 4.69) is 22.1 Å². The number of thiazole rings is 1. The van der Waals surface area contributed by atoms with Gasteiger partial charge in [-0.3, -0.25) is 9.88 Å². The van der Waals surface area contributed by atoms with Crippen LogP contribution in [0.25, 0.3) is 0 Å². The summed E-state index contributed by atoms with van der Waals surface area (Å²) in [6.07, 6.45) is 6.14. The van der Waals surface area contributed by atoms with E-state index in [9.17, 15) is 0 Å². The molecule has 1 saturated heterocycles. The Morgan fingerprint density at radius 3 is 3.06 bits per heavy atom. The number of hydrogen-bond acceptors (Lipinski definition) is 4. The van der Waals surface area contributed by atoms with Crippen LogP contribution in [0.1, 0.15) is 31.1 Å². The van der Waals surface area contributed by atoms with Gasteiger partial charge in [-0.2, -0.15) is 0 Å². The molecule has 2 fully saturated rings. The minimum Gasteiger partial charge on any atom is -0.312 e. The van der Waals surface area contributed by atoms with E-state index >= 15 is 0 Å². The van der Waals surface area contributed by atoms with Crippen LogP contribution in [0.3, 0.4) is 0 Å². The average molecular weight is 251 g/mol. The molecule has 3 rings (SSSR count). The van der Waals surface area contributed by atoms with Crippen LogP contribution < -0.4 is 5.32 Å². The van der Waals surface area contributed by atoms with Gasteiger partial charge in [0.05, 0.1) is 5.51 Å². The van der Waals surface area contributed by atoms with Crippen LogP contribution in [-0.2, 0) is 6.54 Å². The summed E-state index contributed by atoms with van der Waals surface area (Å²) in [7, 11) is 0. The van der Waals surface area contributed by atoms with Crippen LogP contribution in [0.4, 0.5) is 0 Å².